The van der Waals surface area contributed by atoms with Gasteiger partial charge in [0.25, 0.3) is 3.79 Å². The minimum atomic E-state index is -2.05. The van der Waals surface area contributed by atoms with Crippen molar-refractivity contribution >= 4 is 46.6 Å². The summed E-state index contributed by atoms with van der Waals surface area (Å²) in [7, 11) is 1.29. The summed E-state index contributed by atoms with van der Waals surface area (Å²) in [5.41, 5.74) is 1.15. The molecule has 0 aliphatic carbocycles. The molecule has 7 heteroatoms. The number of Topliss-reactive ketones (excluding diaryl/α,β-unsaturated/α-hetero) is 1. The molecule has 0 spiro atoms. The fourth-order valence-corrected chi connectivity index (χ4v) is 2.13. The largest absolute Gasteiger partial charge is 0.465 e. The summed E-state index contributed by atoms with van der Waals surface area (Å²) < 4.78 is 4.15. The van der Waals surface area contributed by atoms with Gasteiger partial charge in [-0.3, -0.25) is 4.79 Å². The molecule has 1 heterocycles. The van der Waals surface area contributed by atoms with Crippen molar-refractivity contribution in [3.63, 3.8) is 0 Å². The van der Waals surface area contributed by atoms with Crippen molar-refractivity contribution in [2.75, 3.05) is 7.11 Å². The molecule has 21 heavy (non-hydrogen) atoms. The maximum atomic E-state index is 12.1. The summed E-state index contributed by atoms with van der Waals surface area (Å²) in [6.45, 7) is 0. The number of alkyl halides is 3. The molecule has 0 atom stereocenters. The first-order valence-corrected chi connectivity index (χ1v) is 6.95. The lowest BCUT2D eigenvalue weighted by molar-refractivity contribution is 0.0600. The van der Waals surface area contributed by atoms with Gasteiger partial charge in [-0.15, -0.1) is 0 Å². The predicted molar refractivity (Wildman–Crippen MR) is 81.7 cm³/mol. The van der Waals surface area contributed by atoms with E-state index in [1.807, 2.05) is 0 Å². The highest BCUT2D eigenvalue weighted by Crippen LogP contribution is 2.31. The van der Waals surface area contributed by atoms with Crippen molar-refractivity contribution in [2.24, 2.45) is 0 Å². The molecule has 2 aromatic rings. The van der Waals surface area contributed by atoms with Crippen LogP contribution >= 0.6 is 34.8 Å². The van der Waals surface area contributed by atoms with Crippen molar-refractivity contribution in [1.29, 1.82) is 0 Å². The molecule has 0 bridgehead atoms. The maximum Gasteiger partial charge on any atom is 0.337 e. The van der Waals surface area contributed by atoms with Gasteiger partial charge in [-0.05, 0) is 30.3 Å². The van der Waals surface area contributed by atoms with E-state index in [4.69, 9.17) is 34.8 Å². The van der Waals surface area contributed by atoms with Gasteiger partial charge in [0.2, 0.25) is 5.78 Å². The van der Waals surface area contributed by atoms with Crippen LogP contribution in [0.5, 0.6) is 0 Å². The lowest BCUT2D eigenvalue weighted by Gasteiger charge is -2.13. The standard InChI is InChI=1S/C14H10Cl3NO3/c1-21-13(20)9-4-2-5-10(8-9)18-7-3-6-11(18)12(19)14(15,16)17/h2-8H,1H3. The van der Waals surface area contributed by atoms with Gasteiger partial charge in [-0.2, -0.15) is 0 Å². The Morgan fingerprint density at radius 3 is 2.48 bits per heavy atom. The number of carbonyl (C=O) groups excluding carboxylic acids is 2. The molecule has 0 N–H and O–H groups in total. The van der Waals surface area contributed by atoms with Gasteiger partial charge in [-0.25, -0.2) is 4.79 Å². The zero-order chi connectivity index (χ0) is 15.6. The van der Waals surface area contributed by atoms with Crippen LogP contribution in [0.1, 0.15) is 20.8 Å². The fraction of sp³-hybridized carbons (Fsp3) is 0.143. The van der Waals surface area contributed by atoms with Crippen molar-refractivity contribution in [1.82, 2.24) is 4.57 Å². The molecule has 0 aliphatic rings. The van der Waals surface area contributed by atoms with Crippen LogP contribution in [0.4, 0.5) is 0 Å². The molecule has 4 nitrogen and oxygen atoms in total. The molecule has 0 amide bonds. The van der Waals surface area contributed by atoms with Crippen LogP contribution in [0.25, 0.3) is 5.69 Å². The Bertz CT molecular complexity index is 689. The van der Waals surface area contributed by atoms with Crippen LogP contribution in [0.2, 0.25) is 0 Å². The number of hydrogen-bond acceptors (Lipinski definition) is 3. The zero-order valence-electron chi connectivity index (χ0n) is 10.8. The van der Waals surface area contributed by atoms with Crippen LogP contribution < -0.4 is 0 Å². The van der Waals surface area contributed by atoms with Gasteiger partial charge in [0.05, 0.1) is 18.4 Å². The van der Waals surface area contributed by atoms with Gasteiger partial charge >= 0.3 is 5.97 Å². The van der Waals surface area contributed by atoms with Crippen LogP contribution in [0.3, 0.4) is 0 Å². The van der Waals surface area contributed by atoms with Gasteiger partial charge in [0.15, 0.2) is 0 Å². The van der Waals surface area contributed by atoms with Crippen LogP contribution in [-0.4, -0.2) is 27.2 Å². The first-order chi connectivity index (χ1) is 9.84. The van der Waals surface area contributed by atoms with Crippen LogP contribution in [0.15, 0.2) is 42.6 Å². The predicted octanol–water partition coefficient (Wildman–Crippen LogP) is 3.82. The Kier molecular flexibility index (Phi) is 4.61. The summed E-state index contributed by atoms with van der Waals surface area (Å²) >= 11 is 16.9. The van der Waals surface area contributed by atoms with Crippen molar-refractivity contribution in [3.8, 4) is 5.69 Å². The van der Waals surface area contributed by atoms with Gasteiger partial charge in [0.1, 0.15) is 0 Å². The SMILES string of the molecule is COC(=O)c1cccc(-n2cccc2C(=O)C(Cl)(Cl)Cl)c1. The number of esters is 1. The van der Waals surface area contributed by atoms with Crippen molar-refractivity contribution in [2.45, 2.75) is 3.79 Å². The molecule has 1 aromatic carbocycles. The summed E-state index contributed by atoms with van der Waals surface area (Å²) in [6, 6.07) is 9.77. The fourth-order valence-electron chi connectivity index (χ4n) is 1.84. The van der Waals surface area contributed by atoms with Gasteiger partial charge in [0, 0.05) is 11.9 Å². The number of nitrogens with zero attached hydrogens (tertiary/aromatic N) is 1. The molecule has 110 valence electrons. The molecule has 0 radical (unpaired) electrons. The van der Waals surface area contributed by atoms with Gasteiger partial charge in [-0.1, -0.05) is 40.9 Å². The lowest BCUT2D eigenvalue weighted by Crippen LogP contribution is -2.21. The van der Waals surface area contributed by atoms with E-state index in [9.17, 15) is 9.59 Å². The van der Waals surface area contributed by atoms with E-state index in [-0.39, 0.29) is 5.69 Å². The number of rotatable bonds is 3. The molecule has 0 saturated heterocycles. The average Bonchev–Trinajstić information content (AvgIpc) is 2.94. The molecule has 0 saturated carbocycles. The van der Waals surface area contributed by atoms with E-state index in [0.29, 0.717) is 11.3 Å². The topological polar surface area (TPSA) is 48.3 Å². The van der Waals surface area contributed by atoms with Gasteiger partial charge < -0.3 is 9.30 Å². The second-order valence-electron chi connectivity index (χ2n) is 4.13. The molecule has 0 fully saturated rings. The summed E-state index contributed by atoms with van der Waals surface area (Å²) in [4.78, 5) is 23.6. The number of methoxy groups -OCH3 is 1. The Hall–Kier alpha value is -1.49. The molecular weight excluding hydrogens is 337 g/mol. The van der Waals surface area contributed by atoms with E-state index in [1.165, 1.54) is 17.7 Å². The smallest absolute Gasteiger partial charge is 0.337 e. The van der Waals surface area contributed by atoms with E-state index in [1.54, 1.807) is 36.5 Å². The highest BCUT2D eigenvalue weighted by Gasteiger charge is 2.33. The number of ether oxygens (including phenoxy) is 1. The highest BCUT2D eigenvalue weighted by molar-refractivity contribution is 6.77. The number of aromatic nitrogens is 1. The minimum Gasteiger partial charge on any atom is -0.465 e. The number of halogens is 3. The quantitative estimate of drug-likeness (QED) is 0.482. The van der Waals surface area contributed by atoms with Crippen LogP contribution in [0, 0.1) is 0 Å². The number of benzene rings is 1. The van der Waals surface area contributed by atoms with E-state index in [0.717, 1.165) is 0 Å². The van der Waals surface area contributed by atoms with Crippen LogP contribution in [-0.2, 0) is 4.74 Å². The number of ketones is 1. The second-order valence-corrected chi connectivity index (χ2v) is 6.41. The van der Waals surface area contributed by atoms with Crippen molar-refractivity contribution in [3.05, 3.63) is 53.9 Å². The Morgan fingerprint density at radius 2 is 1.86 bits per heavy atom. The number of hydrogen-bond donors (Lipinski definition) is 0. The molecule has 1 aromatic heterocycles. The summed E-state index contributed by atoms with van der Waals surface area (Å²) in [5.74, 6) is -1.13. The Balaban J connectivity index is 2.47. The third-order valence-corrected chi connectivity index (χ3v) is 3.30. The monoisotopic (exact) mass is 345 g/mol. The number of carbonyl (C=O) groups is 2. The zero-order valence-corrected chi connectivity index (χ0v) is 13.1. The van der Waals surface area contributed by atoms with Crippen molar-refractivity contribution < 1.29 is 14.3 Å². The first kappa shape index (κ1) is 15.9. The van der Waals surface area contributed by atoms with E-state index in [2.05, 4.69) is 4.74 Å². The average molecular weight is 347 g/mol. The molecule has 0 unspecified atom stereocenters. The van der Waals surface area contributed by atoms with E-state index < -0.39 is 15.5 Å². The third kappa shape index (κ3) is 3.40. The Labute approximate surface area is 136 Å². The lowest BCUT2D eigenvalue weighted by atomic mass is 10.2. The molecule has 0 aliphatic heterocycles. The molecule has 2 rings (SSSR count). The molecular formula is C14H10Cl3NO3. The first-order valence-electron chi connectivity index (χ1n) is 5.82. The minimum absolute atomic E-state index is 0.206. The maximum absolute atomic E-state index is 12.1. The Morgan fingerprint density at radius 1 is 1.14 bits per heavy atom. The highest BCUT2D eigenvalue weighted by atomic mass is 35.6. The normalized spacial score (nSPS) is 11.2. The van der Waals surface area contributed by atoms with E-state index >= 15 is 0 Å². The summed E-state index contributed by atoms with van der Waals surface area (Å²) in [6.07, 6.45) is 1.64. The second kappa shape index (κ2) is 6.10. The third-order valence-electron chi connectivity index (χ3n) is 2.78. The summed E-state index contributed by atoms with van der Waals surface area (Å²) in [5, 5.41) is 0.